The van der Waals surface area contributed by atoms with Crippen molar-refractivity contribution in [3.63, 3.8) is 0 Å². The van der Waals surface area contributed by atoms with E-state index < -0.39 is 23.3 Å². The van der Waals surface area contributed by atoms with Crippen LogP contribution in [0.2, 0.25) is 5.02 Å². The quantitative estimate of drug-likeness (QED) is 0.542. The van der Waals surface area contributed by atoms with Crippen LogP contribution in [0.5, 0.6) is 0 Å². The van der Waals surface area contributed by atoms with Crippen molar-refractivity contribution in [3.8, 4) is 11.1 Å². The molecule has 0 spiro atoms. The molecule has 1 N–H and O–H groups in total. The van der Waals surface area contributed by atoms with Crippen LogP contribution in [0.25, 0.3) is 22.1 Å². The van der Waals surface area contributed by atoms with Gasteiger partial charge in [-0.3, -0.25) is 9.59 Å². The summed E-state index contributed by atoms with van der Waals surface area (Å²) in [5.74, 6) is -2.32. The number of rotatable bonds is 5. The van der Waals surface area contributed by atoms with Crippen LogP contribution < -0.4 is 5.63 Å². The molecule has 33 heavy (non-hydrogen) atoms. The van der Waals surface area contributed by atoms with Gasteiger partial charge in [-0.05, 0) is 49.1 Å². The molecule has 1 aliphatic heterocycles. The van der Waals surface area contributed by atoms with Crippen molar-refractivity contribution in [2.75, 3.05) is 13.1 Å². The van der Waals surface area contributed by atoms with Gasteiger partial charge in [0.15, 0.2) is 0 Å². The number of carbonyl (C=O) groups excluding carboxylic acids is 1. The summed E-state index contributed by atoms with van der Waals surface area (Å²) in [6.07, 6.45) is 1.66. The summed E-state index contributed by atoms with van der Waals surface area (Å²) in [4.78, 5) is 38.0. The highest BCUT2D eigenvalue weighted by molar-refractivity contribution is 6.33. The normalized spacial score (nSPS) is 17.2. The first-order valence-electron chi connectivity index (χ1n) is 10.8. The van der Waals surface area contributed by atoms with Gasteiger partial charge in [-0.25, -0.2) is 9.18 Å². The molecule has 0 saturated carbocycles. The Morgan fingerprint density at radius 3 is 2.73 bits per heavy atom. The third-order valence-corrected chi connectivity index (χ3v) is 6.39. The monoisotopic (exact) mass is 471 g/mol. The van der Waals surface area contributed by atoms with E-state index in [2.05, 4.69) is 0 Å². The maximum atomic E-state index is 13.5. The molecular weight excluding hydrogens is 449 g/mol. The summed E-state index contributed by atoms with van der Waals surface area (Å²) in [5, 5.41) is 10.1. The molecule has 0 bridgehead atoms. The summed E-state index contributed by atoms with van der Waals surface area (Å²) >= 11 is 6.20. The van der Waals surface area contributed by atoms with E-state index in [1.807, 2.05) is 13.0 Å². The lowest BCUT2D eigenvalue weighted by Gasteiger charge is -2.32. The number of hydrogen-bond donors (Lipinski definition) is 1. The van der Waals surface area contributed by atoms with Crippen LogP contribution in [0.1, 0.15) is 25.3 Å². The molecule has 172 valence electrons. The molecule has 1 aliphatic rings. The number of piperidine rings is 1. The van der Waals surface area contributed by atoms with Crippen LogP contribution in [0.3, 0.4) is 0 Å². The van der Waals surface area contributed by atoms with Gasteiger partial charge in [0.05, 0.1) is 10.9 Å². The zero-order chi connectivity index (χ0) is 23.7. The van der Waals surface area contributed by atoms with Crippen LogP contribution in [0.15, 0.2) is 51.7 Å². The van der Waals surface area contributed by atoms with Gasteiger partial charge in [0.2, 0.25) is 5.91 Å². The van der Waals surface area contributed by atoms with E-state index in [0.29, 0.717) is 47.9 Å². The Balaban J connectivity index is 1.59. The summed E-state index contributed by atoms with van der Waals surface area (Å²) in [6.45, 7) is 2.59. The number of hydrogen-bond acceptors (Lipinski definition) is 4. The molecule has 2 heterocycles. The fourth-order valence-electron chi connectivity index (χ4n) is 4.40. The van der Waals surface area contributed by atoms with Crippen LogP contribution in [-0.2, 0) is 16.0 Å². The highest BCUT2D eigenvalue weighted by Crippen LogP contribution is 2.33. The van der Waals surface area contributed by atoms with Gasteiger partial charge in [0.1, 0.15) is 11.4 Å². The third kappa shape index (κ3) is 4.93. The SMILES string of the molecule is C[C@H](Cc1ccc2c(-c3ccc(F)cc3Cl)cc(=O)oc2c1)C(=O)N1CCC[C@H](C(=O)O)C1. The number of benzene rings is 2. The first-order valence-corrected chi connectivity index (χ1v) is 11.1. The standard InChI is InChI=1S/C25H23ClFNO5/c1-14(24(30)28-8-2-3-16(13-28)25(31)32)9-15-4-6-19-20(12-23(29)33-22(19)10-15)18-7-5-17(27)11-21(18)26/h4-7,10-12,14,16H,2-3,8-9,13H2,1H3,(H,31,32)/t14-,16+/m1/s1. The van der Waals surface area contributed by atoms with Gasteiger partial charge in [-0.15, -0.1) is 0 Å². The number of carboxylic acid groups (broad SMARTS) is 1. The first kappa shape index (κ1) is 23.0. The molecule has 1 aromatic heterocycles. The third-order valence-electron chi connectivity index (χ3n) is 6.08. The second-order valence-electron chi connectivity index (χ2n) is 8.50. The lowest BCUT2D eigenvalue weighted by Crippen LogP contribution is -2.44. The van der Waals surface area contributed by atoms with Crippen molar-refractivity contribution in [1.29, 1.82) is 0 Å². The Morgan fingerprint density at radius 2 is 2.00 bits per heavy atom. The van der Waals surface area contributed by atoms with Crippen molar-refractivity contribution < 1.29 is 23.5 Å². The second kappa shape index (κ2) is 9.35. The number of halogens is 2. The number of nitrogens with zero attached hydrogens (tertiary/aromatic N) is 1. The number of aliphatic carboxylic acids is 1. The van der Waals surface area contributed by atoms with Crippen molar-refractivity contribution in [1.82, 2.24) is 4.90 Å². The second-order valence-corrected chi connectivity index (χ2v) is 8.91. The Labute approximate surface area is 194 Å². The zero-order valence-corrected chi connectivity index (χ0v) is 18.8. The fourth-order valence-corrected chi connectivity index (χ4v) is 4.67. The average Bonchev–Trinajstić information content (AvgIpc) is 2.78. The number of carbonyl (C=O) groups is 2. The summed E-state index contributed by atoms with van der Waals surface area (Å²) in [5.41, 5.74) is 1.65. The predicted molar refractivity (Wildman–Crippen MR) is 123 cm³/mol. The van der Waals surface area contributed by atoms with Crippen LogP contribution in [0, 0.1) is 17.7 Å². The molecule has 0 radical (unpaired) electrons. The minimum atomic E-state index is -0.873. The highest BCUT2D eigenvalue weighted by Gasteiger charge is 2.30. The number of fused-ring (bicyclic) bond motifs is 1. The van der Waals surface area contributed by atoms with Crippen LogP contribution in [-0.4, -0.2) is 35.0 Å². The molecule has 1 saturated heterocycles. The molecular formula is C25H23ClFNO5. The Bertz CT molecular complexity index is 1290. The smallest absolute Gasteiger partial charge is 0.336 e. The van der Waals surface area contributed by atoms with Gasteiger partial charge in [0.25, 0.3) is 0 Å². The minimum Gasteiger partial charge on any atom is -0.481 e. The zero-order valence-electron chi connectivity index (χ0n) is 18.0. The summed E-state index contributed by atoms with van der Waals surface area (Å²) in [7, 11) is 0. The minimum absolute atomic E-state index is 0.0886. The van der Waals surface area contributed by atoms with Crippen molar-refractivity contribution in [2.45, 2.75) is 26.2 Å². The molecule has 8 heteroatoms. The molecule has 1 amide bonds. The highest BCUT2D eigenvalue weighted by atomic mass is 35.5. The number of carboxylic acids is 1. The predicted octanol–water partition coefficient (Wildman–Crippen LogP) is 4.75. The largest absolute Gasteiger partial charge is 0.481 e. The Hall–Kier alpha value is -3.19. The molecule has 2 atom stereocenters. The van der Waals surface area contributed by atoms with Gasteiger partial charge >= 0.3 is 11.6 Å². The molecule has 2 aromatic carbocycles. The van der Waals surface area contributed by atoms with Gasteiger partial charge in [-0.1, -0.05) is 30.7 Å². The van der Waals surface area contributed by atoms with E-state index >= 15 is 0 Å². The molecule has 1 fully saturated rings. The van der Waals surface area contributed by atoms with E-state index in [4.69, 9.17) is 16.0 Å². The fraction of sp³-hybridized carbons (Fsp3) is 0.320. The van der Waals surface area contributed by atoms with E-state index in [9.17, 15) is 23.9 Å². The topological polar surface area (TPSA) is 87.8 Å². The molecule has 3 aromatic rings. The van der Waals surface area contributed by atoms with E-state index in [1.54, 1.807) is 17.0 Å². The average molecular weight is 472 g/mol. The number of amides is 1. The van der Waals surface area contributed by atoms with Crippen molar-refractivity contribution >= 4 is 34.4 Å². The van der Waals surface area contributed by atoms with E-state index in [-0.39, 0.29) is 23.4 Å². The van der Waals surface area contributed by atoms with Gasteiger partial charge < -0.3 is 14.4 Å². The van der Waals surface area contributed by atoms with Crippen LogP contribution >= 0.6 is 11.6 Å². The number of likely N-dealkylation sites (tertiary alicyclic amines) is 1. The maximum absolute atomic E-state index is 13.5. The van der Waals surface area contributed by atoms with Gasteiger partial charge in [-0.2, -0.15) is 0 Å². The molecule has 6 nitrogen and oxygen atoms in total. The van der Waals surface area contributed by atoms with E-state index in [1.165, 1.54) is 24.3 Å². The van der Waals surface area contributed by atoms with Crippen molar-refractivity contribution in [2.24, 2.45) is 11.8 Å². The Kier molecular flexibility index (Phi) is 6.51. The first-order chi connectivity index (χ1) is 15.7. The molecule has 0 unspecified atom stereocenters. The molecule has 0 aliphatic carbocycles. The maximum Gasteiger partial charge on any atom is 0.336 e. The van der Waals surface area contributed by atoms with Gasteiger partial charge in [0, 0.05) is 41.6 Å². The van der Waals surface area contributed by atoms with Crippen molar-refractivity contribution in [3.05, 3.63) is 69.3 Å². The lowest BCUT2D eigenvalue weighted by molar-refractivity contribution is -0.146. The van der Waals surface area contributed by atoms with Crippen LogP contribution in [0.4, 0.5) is 4.39 Å². The Morgan fingerprint density at radius 1 is 1.21 bits per heavy atom. The summed E-state index contributed by atoms with van der Waals surface area (Å²) < 4.78 is 18.9. The lowest BCUT2D eigenvalue weighted by atomic mass is 9.94. The van der Waals surface area contributed by atoms with E-state index in [0.717, 1.165) is 5.56 Å². The summed E-state index contributed by atoms with van der Waals surface area (Å²) in [6, 6.07) is 10.7. The molecule has 4 rings (SSSR count).